The molecule has 0 saturated carbocycles. The molecule has 3 aromatic rings. The van der Waals surface area contributed by atoms with Crippen molar-refractivity contribution >= 4 is 39.6 Å². The van der Waals surface area contributed by atoms with Gasteiger partial charge in [0, 0.05) is 11.1 Å². The number of nitrogens with one attached hydrogen (secondary N) is 1. The van der Waals surface area contributed by atoms with Crippen LogP contribution < -0.4 is 10.1 Å². The Morgan fingerprint density at radius 3 is 2.41 bits per heavy atom. The van der Waals surface area contributed by atoms with Gasteiger partial charge in [0.2, 0.25) is 5.15 Å². The van der Waals surface area contributed by atoms with Crippen LogP contribution in [0.3, 0.4) is 0 Å². The number of ether oxygens (including phenoxy) is 1. The molecular formula is C17H11ClF3N3O3. The molecule has 0 saturated heterocycles. The van der Waals surface area contributed by atoms with Gasteiger partial charge in [-0.25, -0.2) is 4.98 Å². The van der Waals surface area contributed by atoms with Gasteiger partial charge in [0.1, 0.15) is 11.4 Å². The van der Waals surface area contributed by atoms with E-state index in [1.165, 1.54) is 7.11 Å². The summed E-state index contributed by atoms with van der Waals surface area (Å²) >= 11 is 5.89. The van der Waals surface area contributed by atoms with Crippen LogP contribution in [0.1, 0.15) is 5.56 Å². The van der Waals surface area contributed by atoms with E-state index in [1.807, 2.05) is 0 Å². The minimum absolute atomic E-state index is 0.0473. The van der Waals surface area contributed by atoms with E-state index in [4.69, 9.17) is 16.3 Å². The van der Waals surface area contributed by atoms with Crippen molar-refractivity contribution in [3.8, 4) is 5.75 Å². The van der Waals surface area contributed by atoms with Gasteiger partial charge in [-0.1, -0.05) is 11.6 Å². The van der Waals surface area contributed by atoms with Gasteiger partial charge < -0.3 is 10.1 Å². The van der Waals surface area contributed by atoms with Gasteiger partial charge in [-0.3, -0.25) is 10.1 Å². The Balaban J connectivity index is 2.20. The lowest BCUT2D eigenvalue weighted by Gasteiger charge is -2.13. The van der Waals surface area contributed by atoms with E-state index in [1.54, 1.807) is 24.3 Å². The van der Waals surface area contributed by atoms with Crippen LogP contribution in [0.4, 0.5) is 30.2 Å². The van der Waals surface area contributed by atoms with Gasteiger partial charge in [0.05, 0.1) is 23.1 Å². The molecule has 27 heavy (non-hydrogen) atoms. The minimum Gasteiger partial charge on any atom is -0.497 e. The number of rotatable bonds is 4. The summed E-state index contributed by atoms with van der Waals surface area (Å²) in [5.74, 6) is 0.572. The Bertz CT molecular complexity index is 1020. The summed E-state index contributed by atoms with van der Waals surface area (Å²) in [5, 5.41) is 13.9. The topological polar surface area (TPSA) is 77.3 Å². The zero-order chi connectivity index (χ0) is 19.8. The fraction of sp³-hybridized carbons (Fsp3) is 0.118. The Morgan fingerprint density at radius 1 is 1.19 bits per heavy atom. The van der Waals surface area contributed by atoms with Crippen molar-refractivity contribution in [3.63, 3.8) is 0 Å². The van der Waals surface area contributed by atoms with Crippen LogP contribution in [0.15, 0.2) is 42.5 Å². The highest BCUT2D eigenvalue weighted by atomic mass is 35.5. The van der Waals surface area contributed by atoms with Gasteiger partial charge in [-0.05, 0) is 42.5 Å². The van der Waals surface area contributed by atoms with Crippen molar-refractivity contribution in [3.05, 3.63) is 63.3 Å². The predicted molar refractivity (Wildman–Crippen MR) is 94.7 cm³/mol. The monoisotopic (exact) mass is 397 g/mol. The first-order valence-electron chi connectivity index (χ1n) is 7.46. The Morgan fingerprint density at radius 2 is 1.85 bits per heavy atom. The number of aromatic nitrogens is 1. The Labute approximate surface area is 155 Å². The third-order valence-electron chi connectivity index (χ3n) is 3.79. The number of halogens is 4. The molecule has 0 aliphatic carbocycles. The molecule has 0 amide bonds. The number of hydrogen-bond donors (Lipinski definition) is 1. The molecule has 1 aromatic heterocycles. The molecule has 0 aliphatic heterocycles. The summed E-state index contributed by atoms with van der Waals surface area (Å²) in [4.78, 5) is 14.5. The molecule has 0 atom stereocenters. The molecule has 6 nitrogen and oxygen atoms in total. The number of anilines is 2. The number of nitro groups is 1. The lowest BCUT2D eigenvalue weighted by Crippen LogP contribution is -2.06. The molecule has 10 heteroatoms. The lowest BCUT2D eigenvalue weighted by atomic mass is 10.1. The number of hydrogen-bond acceptors (Lipinski definition) is 5. The van der Waals surface area contributed by atoms with Crippen molar-refractivity contribution < 1.29 is 22.8 Å². The van der Waals surface area contributed by atoms with E-state index in [0.29, 0.717) is 11.4 Å². The first-order chi connectivity index (χ1) is 12.7. The zero-order valence-electron chi connectivity index (χ0n) is 13.7. The number of alkyl halides is 3. The number of pyridine rings is 1. The van der Waals surface area contributed by atoms with E-state index >= 15 is 0 Å². The normalized spacial score (nSPS) is 11.4. The third-order valence-corrected chi connectivity index (χ3v) is 4.05. The van der Waals surface area contributed by atoms with E-state index in [9.17, 15) is 23.3 Å². The van der Waals surface area contributed by atoms with Crippen molar-refractivity contribution in [1.82, 2.24) is 4.98 Å². The highest BCUT2D eigenvalue weighted by Gasteiger charge is 2.32. The van der Waals surface area contributed by atoms with Crippen LogP contribution in [0, 0.1) is 10.1 Å². The smallest absolute Gasteiger partial charge is 0.416 e. The number of fused-ring (bicyclic) bond motifs is 1. The molecule has 0 unspecified atom stereocenters. The number of nitrogens with zero attached hydrogens (tertiary/aromatic N) is 2. The third kappa shape index (κ3) is 3.72. The van der Waals surface area contributed by atoms with E-state index in [2.05, 4.69) is 10.3 Å². The summed E-state index contributed by atoms with van der Waals surface area (Å²) in [6, 6.07) is 9.22. The van der Waals surface area contributed by atoms with Crippen molar-refractivity contribution in [1.29, 1.82) is 0 Å². The molecule has 140 valence electrons. The molecule has 3 rings (SSSR count). The van der Waals surface area contributed by atoms with Crippen LogP contribution in [0.5, 0.6) is 5.75 Å². The minimum atomic E-state index is -4.58. The maximum absolute atomic E-state index is 12.9. The summed E-state index contributed by atoms with van der Waals surface area (Å²) in [6.45, 7) is 0. The van der Waals surface area contributed by atoms with E-state index < -0.39 is 27.5 Å². The lowest BCUT2D eigenvalue weighted by molar-refractivity contribution is -0.383. The highest BCUT2D eigenvalue weighted by Crippen LogP contribution is 2.41. The Hall–Kier alpha value is -3.07. The molecule has 0 bridgehead atoms. The average Bonchev–Trinajstić information content (AvgIpc) is 2.60. The van der Waals surface area contributed by atoms with Gasteiger partial charge >= 0.3 is 11.9 Å². The second-order valence-electron chi connectivity index (χ2n) is 5.47. The summed E-state index contributed by atoms with van der Waals surface area (Å²) < 4.78 is 43.9. The zero-order valence-corrected chi connectivity index (χ0v) is 14.4. The van der Waals surface area contributed by atoms with E-state index in [0.717, 1.165) is 18.2 Å². The molecule has 0 spiro atoms. The largest absolute Gasteiger partial charge is 0.497 e. The quantitative estimate of drug-likeness (QED) is 0.354. The van der Waals surface area contributed by atoms with Crippen LogP contribution in [-0.4, -0.2) is 17.0 Å². The fourth-order valence-corrected chi connectivity index (χ4v) is 2.77. The van der Waals surface area contributed by atoms with Gasteiger partial charge in [0.15, 0.2) is 0 Å². The van der Waals surface area contributed by atoms with Crippen molar-refractivity contribution in [2.75, 3.05) is 12.4 Å². The first-order valence-corrected chi connectivity index (χ1v) is 7.84. The van der Waals surface area contributed by atoms with Crippen LogP contribution in [0.2, 0.25) is 5.15 Å². The second kappa shape index (κ2) is 6.92. The molecular weight excluding hydrogens is 387 g/mol. The van der Waals surface area contributed by atoms with Gasteiger partial charge in [-0.2, -0.15) is 13.2 Å². The van der Waals surface area contributed by atoms with Crippen LogP contribution in [-0.2, 0) is 6.18 Å². The molecule has 0 aliphatic rings. The maximum atomic E-state index is 12.9. The standard InChI is InChI=1S/C17H11ClF3N3O3/c1-27-11-5-3-10(4-6-11)22-14-12-7-2-9(17(19,20)21)8-13(12)23-16(18)15(14)24(25)26/h2-8H,1H3,(H,22,23). The fourth-order valence-electron chi connectivity index (χ4n) is 2.51. The average molecular weight is 398 g/mol. The molecule has 1 heterocycles. The van der Waals surface area contributed by atoms with Crippen molar-refractivity contribution in [2.24, 2.45) is 0 Å². The Kier molecular flexibility index (Phi) is 4.79. The second-order valence-corrected chi connectivity index (χ2v) is 5.82. The van der Waals surface area contributed by atoms with Gasteiger partial charge in [0.25, 0.3) is 0 Å². The highest BCUT2D eigenvalue weighted by molar-refractivity contribution is 6.33. The number of benzene rings is 2. The molecule has 2 aromatic carbocycles. The number of methoxy groups -OCH3 is 1. The summed E-state index contributed by atoms with van der Waals surface area (Å²) in [6.07, 6.45) is -4.58. The first kappa shape index (κ1) is 18.7. The maximum Gasteiger partial charge on any atom is 0.416 e. The molecule has 1 N–H and O–H groups in total. The summed E-state index contributed by atoms with van der Waals surface area (Å²) in [7, 11) is 1.49. The molecule has 0 fully saturated rings. The molecule has 0 radical (unpaired) electrons. The predicted octanol–water partition coefficient (Wildman–Crippen LogP) is 5.57. The SMILES string of the molecule is COc1ccc(Nc2c([N+](=O)[O-])c(Cl)nc3cc(C(F)(F)F)ccc23)cc1. The van der Waals surface area contributed by atoms with Crippen LogP contribution >= 0.6 is 11.6 Å². The van der Waals surface area contributed by atoms with Gasteiger partial charge in [-0.15, -0.1) is 0 Å². The summed E-state index contributed by atoms with van der Waals surface area (Å²) in [5.41, 5.74) is -1.16. The van der Waals surface area contributed by atoms with Crippen molar-refractivity contribution in [2.45, 2.75) is 6.18 Å². The van der Waals surface area contributed by atoms with E-state index in [-0.39, 0.29) is 16.6 Å². The van der Waals surface area contributed by atoms with Crippen LogP contribution in [0.25, 0.3) is 10.9 Å².